The maximum Gasteiger partial charge on any atom is 0.338 e. The second-order valence-corrected chi connectivity index (χ2v) is 7.04. The van der Waals surface area contributed by atoms with Crippen LogP contribution in [-0.2, 0) is 21.2 Å². The van der Waals surface area contributed by atoms with E-state index >= 15 is 0 Å². The molecule has 24 heavy (non-hydrogen) atoms. The summed E-state index contributed by atoms with van der Waals surface area (Å²) in [6, 6.07) is 12.2. The van der Waals surface area contributed by atoms with Gasteiger partial charge in [0.1, 0.15) is 0 Å². The Morgan fingerprint density at radius 3 is 2.38 bits per heavy atom. The van der Waals surface area contributed by atoms with Crippen molar-refractivity contribution in [3.63, 3.8) is 0 Å². The Bertz CT molecular complexity index is 830. The molecule has 0 bridgehead atoms. The third-order valence-corrected chi connectivity index (χ3v) is 4.75. The van der Waals surface area contributed by atoms with Crippen LogP contribution in [0, 0.1) is 0 Å². The number of unbranched alkanes of at least 4 members (excludes halogenated alkanes) is 1. The number of hydrogen-bond donors (Lipinski definition) is 1. The lowest BCUT2D eigenvalue weighted by atomic mass is 9.96. The molecule has 2 aromatic rings. The summed E-state index contributed by atoms with van der Waals surface area (Å²) in [6.45, 7) is 2.05. The average molecular weight is 347 g/mol. The maximum absolute atomic E-state index is 12.1. The smallest absolute Gasteiger partial charge is 0.338 e. The number of primary sulfonamides is 1. The second kappa shape index (κ2) is 7.59. The van der Waals surface area contributed by atoms with Crippen molar-refractivity contribution < 1.29 is 17.9 Å². The summed E-state index contributed by atoms with van der Waals surface area (Å²) in [5, 5.41) is 5.38. The van der Waals surface area contributed by atoms with Crippen LogP contribution in [0.25, 0.3) is 11.1 Å². The molecule has 0 amide bonds. The van der Waals surface area contributed by atoms with Gasteiger partial charge in [-0.2, -0.15) is 0 Å². The molecule has 0 aliphatic rings. The maximum atomic E-state index is 12.1. The van der Waals surface area contributed by atoms with Gasteiger partial charge < -0.3 is 4.74 Å². The van der Waals surface area contributed by atoms with Gasteiger partial charge in [0.25, 0.3) is 0 Å². The zero-order valence-electron chi connectivity index (χ0n) is 13.8. The van der Waals surface area contributed by atoms with Crippen molar-refractivity contribution in [2.45, 2.75) is 31.1 Å². The molecule has 0 atom stereocenters. The summed E-state index contributed by atoms with van der Waals surface area (Å²) >= 11 is 0. The minimum absolute atomic E-state index is 0.0747. The summed E-state index contributed by atoms with van der Waals surface area (Å²) in [4.78, 5) is 12.0. The van der Waals surface area contributed by atoms with E-state index in [0.29, 0.717) is 12.0 Å². The lowest BCUT2D eigenvalue weighted by molar-refractivity contribution is 0.0599. The number of esters is 1. The average Bonchev–Trinajstić information content (AvgIpc) is 2.58. The largest absolute Gasteiger partial charge is 0.465 e. The van der Waals surface area contributed by atoms with Gasteiger partial charge in [-0.3, -0.25) is 0 Å². The molecule has 0 heterocycles. The van der Waals surface area contributed by atoms with Crippen molar-refractivity contribution in [2.75, 3.05) is 7.11 Å². The van der Waals surface area contributed by atoms with Crippen LogP contribution in [0.4, 0.5) is 0 Å². The first kappa shape index (κ1) is 18.2. The van der Waals surface area contributed by atoms with Crippen molar-refractivity contribution in [1.82, 2.24) is 0 Å². The quantitative estimate of drug-likeness (QED) is 0.813. The summed E-state index contributed by atoms with van der Waals surface area (Å²) in [5.74, 6) is -0.564. The highest BCUT2D eigenvalue weighted by molar-refractivity contribution is 7.89. The normalized spacial score (nSPS) is 11.3. The number of methoxy groups -OCH3 is 1. The number of sulfonamides is 1. The van der Waals surface area contributed by atoms with Crippen molar-refractivity contribution in [2.24, 2.45) is 5.14 Å². The number of aryl methyl sites for hydroxylation is 1. The molecule has 0 radical (unpaired) electrons. The number of ether oxygens (including phenoxy) is 1. The molecule has 0 aliphatic heterocycles. The Morgan fingerprint density at radius 2 is 1.83 bits per heavy atom. The summed E-state index contributed by atoms with van der Waals surface area (Å²) in [7, 11) is -2.72. The summed E-state index contributed by atoms with van der Waals surface area (Å²) in [5.41, 5.74) is 2.23. The number of hydrogen-bond acceptors (Lipinski definition) is 4. The van der Waals surface area contributed by atoms with E-state index in [1.54, 1.807) is 6.07 Å². The Kier molecular flexibility index (Phi) is 5.75. The minimum Gasteiger partial charge on any atom is -0.465 e. The molecular formula is C18H21NO4S. The van der Waals surface area contributed by atoms with Crippen LogP contribution in [0.5, 0.6) is 0 Å². The van der Waals surface area contributed by atoms with Crippen molar-refractivity contribution in [1.29, 1.82) is 0 Å². The molecule has 0 saturated carbocycles. The lowest BCUT2D eigenvalue weighted by Gasteiger charge is -2.14. The number of carbonyl (C=O) groups excluding carboxylic acids is 1. The molecule has 0 aliphatic carbocycles. The molecule has 2 N–H and O–H groups in total. The molecule has 0 fully saturated rings. The number of carbonyl (C=O) groups is 1. The summed E-state index contributed by atoms with van der Waals surface area (Å²) in [6.07, 6.45) is 2.50. The topological polar surface area (TPSA) is 86.5 Å². The predicted molar refractivity (Wildman–Crippen MR) is 93.2 cm³/mol. The molecule has 0 unspecified atom stereocenters. The predicted octanol–water partition coefficient (Wildman–Crippen LogP) is 3.13. The van der Waals surface area contributed by atoms with Gasteiger partial charge >= 0.3 is 5.97 Å². The molecule has 6 heteroatoms. The van der Waals surface area contributed by atoms with E-state index in [-0.39, 0.29) is 10.5 Å². The van der Waals surface area contributed by atoms with Crippen molar-refractivity contribution in [3.05, 3.63) is 53.6 Å². The Balaban J connectivity index is 2.75. The van der Waals surface area contributed by atoms with Crippen LogP contribution < -0.4 is 5.14 Å². The van der Waals surface area contributed by atoms with Gasteiger partial charge in [0, 0.05) is 5.56 Å². The third kappa shape index (κ3) is 4.01. The van der Waals surface area contributed by atoms with Crippen molar-refractivity contribution in [3.8, 4) is 11.1 Å². The van der Waals surface area contributed by atoms with E-state index < -0.39 is 16.0 Å². The van der Waals surface area contributed by atoms with Gasteiger partial charge in [0.05, 0.1) is 17.6 Å². The molecular weight excluding hydrogens is 326 g/mol. The fraction of sp³-hybridized carbons (Fsp3) is 0.278. The first-order chi connectivity index (χ1) is 11.4. The van der Waals surface area contributed by atoms with Crippen LogP contribution in [0.2, 0.25) is 0 Å². The second-order valence-electron chi connectivity index (χ2n) is 5.51. The molecule has 128 valence electrons. The fourth-order valence-corrected chi connectivity index (χ4v) is 3.34. The van der Waals surface area contributed by atoms with Crippen LogP contribution in [0.15, 0.2) is 47.4 Å². The van der Waals surface area contributed by atoms with E-state index in [1.165, 1.54) is 13.2 Å². The third-order valence-electron chi connectivity index (χ3n) is 3.80. The van der Waals surface area contributed by atoms with Gasteiger partial charge in [-0.1, -0.05) is 43.7 Å². The highest BCUT2D eigenvalue weighted by Crippen LogP contribution is 2.31. The number of nitrogens with two attached hydrogens (primary N) is 1. The highest BCUT2D eigenvalue weighted by atomic mass is 32.2. The zero-order valence-corrected chi connectivity index (χ0v) is 14.6. The van der Waals surface area contributed by atoms with Crippen LogP contribution in [-0.4, -0.2) is 21.5 Å². The Hall–Kier alpha value is -2.18. The molecule has 5 nitrogen and oxygen atoms in total. The standard InChI is InChI=1S/C18H21NO4S/c1-3-4-8-14-11-15(13-9-6-5-7-10-13)17(24(19,21)22)12-16(14)18(20)23-2/h5-7,9-12H,3-4,8H2,1-2H3,(H2,19,21,22). The van der Waals surface area contributed by atoms with Gasteiger partial charge in [-0.25, -0.2) is 18.4 Å². The van der Waals surface area contributed by atoms with E-state index in [4.69, 9.17) is 9.88 Å². The Labute approximate surface area is 142 Å². The highest BCUT2D eigenvalue weighted by Gasteiger charge is 2.22. The lowest BCUT2D eigenvalue weighted by Crippen LogP contribution is -2.16. The fourth-order valence-electron chi connectivity index (χ4n) is 2.58. The van der Waals surface area contributed by atoms with Crippen LogP contribution >= 0.6 is 0 Å². The molecule has 0 spiro atoms. The molecule has 2 rings (SSSR count). The Morgan fingerprint density at radius 1 is 1.17 bits per heavy atom. The first-order valence-corrected chi connectivity index (χ1v) is 9.26. The molecule has 2 aromatic carbocycles. The number of rotatable bonds is 6. The van der Waals surface area contributed by atoms with E-state index in [0.717, 1.165) is 24.0 Å². The first-order valence-electron chi connectivity index (χ1n) is 7.72. The minimum atomic E-state index is -3.99. The van der Waals surface area contributed by atoms with Crippen LogP contribution in [0.3, 0.4) is 0 Å². The molecule has 0 saturated heterocycles. The van der Waals surface area contributed by atoms with Gasteiger partial charge in [-0.05, 0) is 36.1 Å². The van der Waals surface area contributed by atoms with E-state index in [2.05, 4.69) is 6.92 Å². The van der Waals surface area contributed by atoms with Gasteiger partial charge in [0.15, 0.2) is 0 Å². The van der Waals surface area contributed by atoms with Crippen LogP contribution in [0.1, 0.15) is 35.7 Å². The summed E-state index contributed by atoms with van der Waals surface area (Å²) < 4.78 is 28.9. The van der Waals surface area contributed by atoms with Gasteiger partial charge in [0.2, 0.25) is 10.0 Å². The van der Waals surface area contributed by atoms with E-state index in [9.17, 15) is 13.2 Å². The monoisotopic (exact) mass is 347 g/mol. The number of benzene rings is 2. The van der Waals surface area contributed by atoms with Crippen molar-refractivity contribution >= 4 is 16.0 Å². The van der Waals surface area contributed by atoms with E-state index in [1.807, 2.05) is 30.3 Å². The molecule has 0 aromatic heterocycles. The SMILES string of the molecule is CCCCc1cc(-c2ccccc2)c(S(N)(=O)=O)cc1C(=O)OC. The zero-order chi connectivity index (χ0) is 17.7. The van der Waals surface area contributed by atoms with Gasteiger partial charge in [-0.15, -0.1) is 0 Å².